The van der Waals surface area contributed by atoms with Crippen molar-refractivity contribution in [1.82, 2.24) is 16.0 Å². The number of allylic oxidation sites excluding steroid dienone is 2. The third-order valence-corrected chi connectivity index (χ3v) is 7.08. The van der Waals surface area contributed by atoms with Crippen molar-refractivity contribution in [3.05, 3.63) is 87.7 Å². The van der Waals surface area contributed by atoms with Gasteiger partial charge in [0.15, 0.2) is 0 Å². The van der Waals surface area contributed by atoms with Crippen molar-refractivity contribution in [2.24, 2.45) is 10.9 Å². The first-order valence-corrected chi connectivity index (χ1v) is 13.6. The van der Waals surface area contributed by atoms with E-state index in [1.54, 1.807) is 26.0 Å². The molecule has 4 rings (SSSR count). The molecule has 0 radical (unpaired) electrons. The van der Waals surface area contributed by atoms with Crippen LogP contribution in [0.3, 0.4) is 0 Å². The van der Waals surface area contributed by atoms with Crippen molar-refractivity contribution in [3.63, 3.8) is 0 Å². The molecule has 2 aromatic rings. The van der Waals surface area contributed by atoms with E-state index >= 15 is 0 Å². The number of fused-ring (bicyclic) bond motifs is 1. The molecule has 216 valence electrons. The van der Waals surface area contributed by atoms with Gasteiger partial charge in [-0.1, -0.05) is 48.0 Å². The highest BCUT2D eigenvalue weighted by molar-refractivity contribution is 6.34. The molecule has 0 aliphatic carbocycles. The number of hydrogen-bond donors (Lipinski definition) is 6. The number of aliphatic hydroxyl groups excluding tert-OH is 1. The van der Waals surface area contributed by atoms with E-state index in [9.17, 15) is 24.6 Å². The molecular formula is C30H34ClN5O5. The van der Waals surface area contributed by atoms with Gasteiger partial charge in [-0.05, 0) is 68.5 Å². The molecule has 2 aromatic carbocycles. The Morgan fingerprint density at radius 1 is 1.20 bits per heavy atom. The lowest BCUT2D eigenvalue weighted by molar-refractivity contribution is -0.131. The minimum absolute atomic E-state index is 0.135. The van der Waals surface area contributed by atoms with Gasteiger partial charge in [0, 0.05) is 12.1 Å². The molecule has 11 heteroatoms. The van der Waals surface area contributed by atoms with Crippen LogP contribution in [0.1, 0.15) is 55.6 Å². The molecule has 0 spiro atoms. The van der Waals surface area contributed by atoms with Gasteiger partial charge in [-0.25, -0.2) is 4.99 Å². The molecule has 0 bridgehead atoms. The van der Waals surface area contributed by atoms with Crippen molar-refractivity contribution in [2.75, 3.05) is 18.5 Å². The zero-order valence-electron chi connectivity index (χ0n) is 23.1. The van der Waals surface area contributed by atoms with Crippen LogP contribution < -0.4 is 21.3 Å². The Morgan fingerprint density at radius 3 is 2.61 bits per heavy atom. The number of nitrogens with zero attached hydrogens (tertiary/aromatic N) is 1. The number of rotatable bonds is 9. The maximum atomic E-state index is 13.2. The maximum Gasteiger partial charge on any atom is 0.251 e. The molecule has 0 saturated carbocycles. The lowest BCUT2D eigenvalue weighted by atomic mass is 9.92. The Kier molecular flexibility index (Phi) is 9.27. The van der Waals surface area contributed by atoms with Gasteiger partial charge in [-0.2, -0.15) is 0 Å². The summed E-state index contributed by atoms with van der Waals surface area (Å²) in [6.07, 6.45) is 2.62. The van der Waals surface area contributed by atoms with Crippen LogP contribution in [-0.4, -0.2) is 52.5 Å². The molecule has 6 N–H and O–H groups in total. The number of aliphatic hydroxyl groups is 2. The number of amides is 3. The second-order valence-corrected chi connectivity index (χ2v) is 11.1. The molecule has 2 heterocycles. The van der Waals surface area contributed by atoms with Crippen LogP contribution in [0.25, 0.3) is 0 Å². The Hall–Kier alpha value is -3.99. The summed E-state index contributed by atoms with van der Waals surface area (Å²) in [6, 6.07) is 12.9. The van der Waals surface area contributed by atoms with Gasteiger partial charge in [0.2, 0.25) is 11.8 Å². The van der Waals surface area contributed by atoms with E-state index in [2.05, 4.69) is 26.3 Å². The third-order valence-electron chi connectivity index (χ3n) is 6.75. The first-order chi connectivity index (χ1) is 19.4. The van der Waals surface area contributed by atoms with Gasteiger partial charge in [-0.3, -0.25) is 14.4 Å². The van der Waals surface area contributed by atoms with Gasteiger partial charge in [0.25, 0.3) is 5.91 Å². The van der Waals surface area contributed by atoms with E-state index in [4.69, 9.17) is 11.6 Å². The molecule has 2 aliphatic rings. The minimum Gasteiger partial charge on any atom is -0.394 e. The summed E-state index contributed by atoms with van der Waals surface area (Å²) >= 11 is 6.33. The summed E-state index contributed by atoms with van der Waals surface area (Å²) in [5.41, 5.74) is 1.85. The number of amidine groups is 1. The summed E-state index contributed by atoms with van der Waals surface area (Å²) in [5.74, 6) is -1.67. The van der Waals surface area contributed by atoms with Crippen molar-refractivity contribution in [3.8, 4) is 0 Å². The van der Waals surface area contributed by atoms with E-state index in [-0.39, 0.29) is 35.8 Å². The largest absolute Gasteiger partial charge is 0.394 e. The molecule has 10 nitrogen and oxygen atoms in total. The fourth-order valence-electron chi connectivity index (χ4n) is 4.40. The molecule has 41 heavy (non-hydrogen) atoms. The highest BCUT2D eigenvalue weighted by atomic mass is 35.5. The van der Waals surface area contributed by atoms with Crippen LogP contribution in [-0.2, 0) is 9.59 Å². The number of carbonyl (C=O) groups excluding carboxylic acids is 3. The first kappa shape index (κ1) is 30.0. The fourth-order valence-corrected chi connectivity index (χ4v) is 4.56. The van der Waals surface area contributed by atoms with Crippen LogP contribution in [0.4, 0.5) is 5.69 Å². The second kappa shape index (κ2) is 12.7. The van der Waals surface area contributed by atoms with E-state index in [1.807, 2.05) is 31.2 Å². The average molecular weight is 580 g/mol. The second-order valence-electron chi connectivity index (χ2n) is 10.7. The quantitative estimate of drug-likeness (QED) is 0.251. The maximum absolute atomic E-state index is 13.2. The van der Waals surface area contributed by atoms with Crippen molar-refractivity contribution >= 4 is 40.8 Å². The normalized spacial score (nSPS) is 17.8. The fraction of sp³-hybridized carbons (Fsp3) is 0.333. The molecule has 3 amide bonds. The first-order valence-electron chi connectivity index (χ1n) is 13.3. The molecule has 1 fully saturated rings. The van der Waals surface area contributed by atoms with Crippen molar-refractivity contribution < 1.29 is 24.6 Å². The monoisotopic (exact) mass is 579 g/mol. The Morgan fingerprint density at radius 2 is 1.93 bits per heavy atom. The van der Waals surface area contributed by atoms with E-state index in [1.165, 1.54) is 18.2 Å². The van der Waals surface area contributed by atoms with Crippen LogP contribution in [0.5, 0.6) is 0 Å². The molecule has 2 unspecified atom stereocenters. The predicted molar refractivity (Wildman–Crippen MR) is 157 cm³/mol. The predicted octanol–water partition coefficient (Wildman–Crippen LogP) is 3.20. The van der Waals surface area contributed by atoms with Gasteiger partial charge in [-0.15, -0.1) is 0 Å². The molecule has 1 saturated heterocycles. The Bertz CT molecular complexity index is 1430. The number of benzene rings is 2. The van der Waals surface area contributed by atoms with E-state index in [0.717, 1.165) is 16.7 Å². The van der Waals surface area contributed by atoms with E-state index in [0.29, 0.717) is 18.1 Å². The number of aliphatic imine (C=N–C) groups is 1. The highest BCUT2D eigenvalue weighted by Crippen LogP contribution is 2.28. The number of nitrogens with one attached hydrogen (secondary N) is 4. The summed E-state index contributed by atoms with van der Waals surface area (Å²) in [5, 5.41) is 31.4. The number of carbonyl (C=O) groups is 3. The molecule has 0 aromatic heterocycles. The number of piperidine rings is 1. The van der Waals surface area contributed by atoms with E-state index < -0.39 is 35.3 Å². The third kappa shape index (κ3) is 7.60. The summed E-state index contributed by atoms with van der Waals surface area (Å²) in [4.78, 5) is 43.7. The van der Waals surface area contributed by atoms with Crippen LogP contribution >= 0.6 is 11.6 Å². The summed E-state index contributed by atoms with van der Waals surface area (Å²) in [6.45, 7) is 5.25. The van der Waals surface area contributed by atoms with Gasteiger partial charge in [0.1, 0.15) is 17.6 Å². The lowest BCUT2D eigenvalue weighted by Crippen LogP contribution is -2.47. The average Bonchev–Trinajstić information content (AvgIpc) is 3.09. The summed E-state index contributed by atoms with van der Waals surface area (Å²) in [7, 11) is 0. The summed E-state index contributed by atoms with van der Waals surface area (Å²) < 4.78 is 0. The molecule has 2 aliphatic heterocycles. The van der Waals surface area contributed by atoms with Crippen molar-refractivity contribution in [2.45, 2.75) is 45.3 Å². The van der Waals surface area contributed by atoms with Crippen LogP contribution in [0, 0.1) is 5.92 Å². The lowest BCUT2D eigenvalue weighted by Gasteiger charge is -2.25. The zero-order valence-corrected chi connectivity index (χ0v) is 23.9. The number of hydrogen-bond acceptors (Lipinski definition) is 7. The Labute approximate surface area is 243 Å². The highest BCUT2D eigenvalue weighted by Gasteiger charge is 2.35. The topological polar surface area (TPSA) is 152 Å². The SMILES string of the molecule is CC1=C(NCC(C)(C)O)N=C2NC(=O)C(C(=O)Nc3cc(C(=O)NC(CO)c4ccccc4)ccc3Cl)CC2=CC1. The number of anilines is 1. The Balaban J connectivity index is 1.45. The number of halogens is 1. The molecular weight excluding hydrogens is 546 g/mol. The van der Waals surface area contributed by atoms with Crippen LogP contribution in [0.2, 0.25) is 5.02 Å². The van der Waals surface area contributed by atoms with Crippen LogP contribution in [0.15, 0.2) is 76.6 Å². The van der Waals surface area contributed by atoms with Gasteiger partial charge >= 0.3 is 0 Å². The zero-order chi connectivity index (χ0) is 29.7. The van der Waals surface area contributed by atoms with Gasteiger partial charge in [0.05, 0.1) is 29.0 Å². The van der Waals surface area contributed by atoms with Crippen molar-refractivity contribution in [1.29, 1.82) is 0 Å². The minimum atomic E-state index is -1.04. The van der Waals surface area contributed by atoms with Gasteiger partial charge < -0.3 is 31.5 Å². The molecule has 2 atom stereocenters. The standard InChI is InChI=1S/C30H34ClN5O5/c1-17-9-10-19-13-21(29(40)36-26(19)35-25(17)32-16-30(2,3)41)28(39)33-23-14-20(11-12-22(23)31)27(38)34-24(15-37)18-7-5-4-6-8-18/h4-8,10-12,14,21,24,32,37,41H,9,13,15-16H2,1-3H3,(H,33,39)(H,34,38)(H,35,36,40). The smallest absolute Gasteiger partial charge is 0.251 e.